The summed E-state index contributed by atoms with van der Waals surface area (Å²) in [5.74, 6) is -0.427. The van der Waals surface area contributed by atoms with Crippen molar-refractivity contribution in [2.45, 2.75) is 160 Å². The van der Waals surface area contributed by atoms with E-state index in [1.54, 1.807) is 0 Å². The van der Waals surface area contributed by atoms with E-state index < -0.39 is 80.7 Å². The smallest absolute Gasteiger partial charge is 0.305 e. The number of aromatic nitrogens is 4. The van der Waals surface area contributed by atoms with Gasteiger partial charge in [0.05, 0.1) is 62.1 Å². The Kier molecular flexibility index (Phi) is 19.1. The summed E-state index contributed by atoms with van der Waals surface area (Å²) in [6.45, 7) is 13.3. The van der Waals surface area contributed by atoms with Crippen LogP contribution in [0.4, 0.5) is 0 Å². The topological polar surface area (TPSA) is 309 Å². The number of hydrogen-bond acceptors (Lipinski definition) is 19. The molecule has 10 N–H and O–H groups in total. The van der Waals surface area contributed by atoms with Crippen molar-refractivity contribution in [1.29, 1.82) is 0 Å². The van der Waals surface area contributed by atoms with Crippen LogP contribution in [0.5, 0.6) is 0 Å². The standard InChI is InChI=1S/C52H72N4O16S/c1-9-29-23(2)31-20-36-40(28(7)68-14-10-15-69-51-48(64)46(62)44(60)37(21-57)71-51)25(4)33(54-36)18-32-24(3)30(12-13-39(59)67-8)42(55-32)27(6)43-41(26(5)34(56-43)19-35(29)53-31)50(66)73-17-11-16-70-52-49(65)47(63)45(61)38(22-58)72-52/h18-20,24,28,30,37-38,44-49,51-53,56-58,60-65H,9-17,21-22H2,1-8H3/t24-,28?,30-,37+,38+,44+,45+,46-,47-,48+,49+,51+,52+/m0/s1. The van der Waals surface area contributed by atoms with E-state index in [2.05, 4.69) is 30.7 Å². The monoisotopic (exact) mass is 1040 g/mol. The zero-order valence-electron chi connectivity index (χ0n) is 42.7. The zero-order valence-corrected chi connectivity index (χ0v) is 43.5. The average molecular weight is 1040 g/mol. The minimum atomic E-state index is -1.57. The molecule has 2 saturated heterocycles. The second-order valence-corrected chi connectivity index (χ2v) is 20.3. The molecule has 0 radical (unpaired) electrons. The number of methoxy groups -OCH3 is 1. The molecular weight excluding hydrogens is 969 g/mol. The Labute approximate surface area is 428 Å². The zero-order chi connectivity index (χ0) is 53.0. The van der Waals surface area contributed by atoms with Gasteiger partial charge in [0.25, 0.3) is 0 Å². The number of nitrogens with one attached hydrogen (secondary N) is 2. The highest BCUT2D eigenvalue weighted by molar-refractivity contribution is 8.14. The largest absolute Gasteiger partial charge is 0.469 e. The maximum absolute atomic E-state index is 14.5. The molecule has 0 spiro atoms. The van der Waals surface area contributed by atoms with Crippen molar-refractivity contribution < 1.29 is 78.9 Å². The first kappa shape index (κ1) is 56.6. The van der Waals surface area contributed by atoms with Gasteiger partial charge in [0.2, 0.25) is 5.12 Å². The highest BCUT2D eigenvalue weighted by atomic mass is 32.2. The normalized spacial score (nSPS) is 27.9. The number of nitrogens with zero attached hydrogens (tertiary/aromatic N) is 2. The van der Waals surface area contributed by atoms with Crippen LogP contribution in [0.1, 0.15) is 121 Å². The molecule has 7 heterocycles. The number of ether oxygens (including phenoxy) is 6. The predicted molar refractivity (Wildman–Crippen MR) is 270 cm³/mol. The average Bonchev–Trinajstić information content (AvgIpc) is 4.07. The predicted octanol–water partition coefficient (Wildman–Crippen LogP) is 3.27. The molecule has 3 aromatic heterocycles. The molecule has 1 unspecified atom stereocenters. The van der Waals surface area contributed by atoms with Crippen LogP contribution in [-0.4, -0.2) is 185 Å². The van der Waals surface area contributed by atoms with Crippen molar-refractivity contribution in [2.24, 2.45) is 0 Å². The number of aromatic amines is 2. The molecule has 0 saturated carbocycles. The van der Waals surface area contributed by atoms with Gasteiger partial charge in [-0.1, -0.05) is 25.6 Å². The van der Waals surface area contributed by atoms with Crippen LogP contribution >= 0.6 is 11.8 Å². The SMILES string of the molecule is CCc1c(C)c2cc3nc(cc4nc(c(C)c5[nH]c(cc1[nH]2)c(C)c5C(=O)SCCCO[C@@H]1O[C@H](CO)[C@@H](O)[C@H](O)[C@H]1O)[C@@H](CCC(=O)OC)[C@@H]4C)C(C)=C3C(C)OCCCO[C@@H]1O[C@H](CO)[C@@H](O)[C@H](O)[C@H]1O. The molecule has 21 heteroatoms. The number of aliphatic hydroxyl groups is 8. The van der Waals surface area contributed by atoms with Crippen molar-refractivity contribution in [3.05, 3.63) is 68.8 Å². The minimum absolute atomic E-state index is 0.0578. The highest BCUT2D eigenvalue weighted by Crippen LogP contribution is 2.44. The summed E-state index contributed by atoms with van der Waals surface area (Å²) in [6, 6.07) is 6.02. The number of carbonyl (C=O) groups excluding carboxylic acids is 2. The van der Waals surface area contributed by atoms with Crippen molar-refractivity contribution in [3.8, 4) is 0 Å². The number of fused-ring (bicyclic) bond motifs is 8. The van der Waals surface area contributed by atoms with Crippen LogP contribution in [0.15, 0.2) is 18.2 Å². The van der Waals surface area contributed by atoms with Crippen molar-refractivity contribution in [1.82, 2.24) is 19.9 Å². The van der Waals surface area contributed by atoms with Gasteiger partial charge in [-0.3, -0.25) is 14.6 Å². The third kappa shape index (κ3) is 12.0. The van der Waals surface area contributed by atoms with Gasteiger partial charge < -0.3 is 79.2 Å². The quantitative estimate of drug-likeness (QED) is 0.0609. The molecule has 20 nitrogen and oxygen atoms in total. The number of aryl methyl sites for hydroxylation is 4. The van der Waals surface area contributed by atoms with Gasteiger partial charge in [-0.15, -0.1) is 0 Å². The Balaban J connectivity index is 1.23. The molecule has 8 bridgehead atoms. The lowest BCUT2D eigenvalue weighted by molar-refractivity contribution is -0.301. The lowest BCUT2D eigenvalue weighted by Gasteiger charge is -2.39. The molecule has 4 aliphatic heterocycles. The first-order chi connectivity index (χ1) is 34.8. The third-order valence-corrected chi connectivity index (χ3v) is 15.6. The third-order valence-electron chi connectivity index (χ3n) is 14.6. The Morgan fingerprint density at radius 3 is 1.97 bits per heavy atom. The highest BCUT2D eigenvalue weighted by Gasteiger charge is 2.45. The number of rotatable bonds is 19. The van der Waals surface area contributed by atoms with E-state index in [-0.39, 0.29) is 49.2 Å². The molecule has 7 rings (SSSR count). The maximum atomic E-state index is 14.5. The minimum Gasteiger partial charge on any atom is -0.469 e. The van der Waals surface area contributed by atoms with E-state index >= 15 is 0 Å². The van der Waals surface area contributed by atoms with Crippen LogP contribution in [0.3, 0.4) is 0 Å². The summed E-state index contributed by atoms with van der Waals surface area (Å²) in [5.41, 5.74) is 11.7. The molecule has 4 aliphatic rings. The van der Waals surface area contributed by atoms with Crippen LogP contribution < -0.4 is 0 Å². The molecule has 0 aromatic carbocycles. The summed E-state index contributed by atoms with van der Waals surface area (Å²) >= 11 is 1.11. The van der Waals surface area contributed by atoms with Gasteiger partial charge in [0, 0.05) is 64.1 Å². The van der Waals surface area contributed by atoms with Crippen LogP contribution in [-0.2, 0) is 39.6 Å². The number of hydrogen-bond donors (Lipinski definition) is 10. The number of carbonyl (C=O) groups is 2. The lowest BCUT2D eigenvalue weighted by Crippen LogP contribution is -2.59. The molecule has 3 aromatic rings. The molecule has 2 fully saturated rings. The van der Waals surface area contributed by atoms with E-state index in [0.29, 0.717) is 53.9 Å². The molecule has 73 heavy (non-hydrogen) atoms. The van der Waals surface area contributed by atoms with E-state index in [1.807, 2.05) is 45.9 Å². The first-order valence-corrected chi connectivity index (χ1v) is 26.0. The molecular formula is C52H72N4O16S. The Bertz CT molecular complexity index is 2650. The second-order valence-electron chi connectivity index (χ2n) is 19.2. The van der Waals surface area contributed by atoms with Crippen molar-refractivity contribution >= 4 is 56.1 Å². The summed E-state index contributed by atoms with van der Waals surface area (Å²) in [6.07, 6.45) is -12.3. The number of allylic oxidation sites excluding steroid dienone is 1. The van der Waals surface area contributed by atoms with Gasteiger partial charge in [-0.05, 0) is 106 Å². The summed E-state index contributed by atoms with van der Waals surface area (Å²) in [4.78, 5) is 44.9. The van der Waals surface area contributed by atoms with Gasteiger partial charge in [-0.25, -0.2) is 4.98 Å². The van der Waals surface area contributed by atoms with Gasteiger partial charge >= 0.3 is 5.97 Å². The van der Waals surface area contributed by atoms with Crippen molar-refractivity contribution in [2.75, 3.05) is 45.9 Å². The van der Waals surface area contributed by atoms with Gasteiger partial charge in [-0.2, -0.15) is 0 Å². The van der Waals surface area contributed by atoms with Crippen LogP contribution in [0.25, 0.3) is 33.2 Å². The summed E-state index contributed by atoms with van der Waals surface area (Å²) < 4.78 is 33.9. The number of aliphatic hydroxyl groups excluding tert-OH is 8. The second kappa shape index (κ2) is 24.7. The van der Waals surface area contributed by atoms with E-state index in [9.17, 15) is 50.4 Å². The van der Waals surface area contributed by atoms with Crippen molar-refractivity contribution in [3.63, 3.8) is 0 Å². The fourth-order valence-corrected chi connectivity index (χ4v) is 11.0. The van der Waals surface area contributed by atoms with Gasteiger partial charge in [0.1, 0.15) is 48.8 Å². The number of thioether (sulfide) groups is 1. The summed E-state index contributed by atoms with van der Waals surface area (Å²) in [7, 11) is 1.36. The van der Waals surface area contributed by atoms with E-state index in [4.69, 9.17) is 38.4 Å². The fraction of sp³-hybridized carbons (Fsp3) is 0.615. The lowest BCUT2D eigenvalue weighted by atomic mass is 9.85. The maximum Gasteiger partial charge on any atom is 0.305 e. The van der Waals surface area contributed by atoms with E-state index in [1.165, 1.54) is 7.11 Å². The Hall–Kier alpha value is -4.17. The molecule has 0 aliphatic carbocycles. The van der Waals surface area contributed by atoms with E-state index in [0.717, 1.165) is 73.1 Å². The van der Waals surface area contributed by atoms with Crippen LogP contribution in [0.2, 0.25) is 0 Å². The number of esters is 1. The fourth-order valence-electron chi connectivity index (χ4n) is 10.2. The molecule has 13 atom stereocenters. The summed E-state index contributed by atoms with van der Waals surface area (Å²) in [5, 5.41) is 80.5. The first-order valence-electron chi connectivity index (χ1n) is 25.0. The molecule has 0 amide bonds. The van der Waals surface area contributed by atoms with Gasteiger partial charge in [0.15, 0.2) is 12.6 Å². The Morgan fingerprint density at radius 1 is 0.753 bits per heavy atom. The number of H-pyrrole nitrogens is 2. The molecule has 402 valence electrons. The van der Waals surface area contributed by atoms with Crippen LogP contribution in [0, 0.1) is 20.8 Å². The Morgan fingerprint density at radius 2 is 1.37 bits per heavy atom.